The van der Waals surface area contributed by atoms with Gasteiger partial charge in [0.05, 0.1) is 6.61 Å². The van der Waals surface area contributed by atoms with Gasteiger partial charge in [0.25, 0.3) is 0 Å². The quantitative estimate of drug-likeness (QED) is 0.656. The second-order valence-electron chi connectivity index (χ2n) is 4.98. The maximum atomic E-state index is 12.4. The Morgan fingerprint density at radius 2 is 1.90 bits per heavy atom. The lowest BCUT2D eigenvalue weighted by Crippen LogP contribution is -2.36. The third-order valence-corrected chi connectivity index (χ3v) is 3.64. The largest absolute Gasteiger partial charge is 0.463 e. The molecule has 0 aliphatic heterocycles. The smallest absolute Gasteiger partial charge is 0.342 e. The van der Waals surface area contributed by atoms with Gasteiger partial charge in [0, 0.05) is 25.7 Å². The number of fused-ring (bicyclic) bond motifs is 1. The second kappa shape index (κ2) is 6.70. The van der Waals surface area contributed by atoms with Crippen LogP contribution in [0.25, 0.3) is 10.8 Å². The molecule has 0 heterocycles. The Morgan fingerprint density at radius 3 is 2.62 bits per heavy atom. The average Bonchev–Trinajstić information content (AvgIpc) is 2.53. The SMILES string of the molecule is COC(C)(C(=O)OCCCO)c1cccc2ccccc12. The summed E-state index contributed by atoms with van der Waals surface area (Å²) in [4.78, 5) is 12.4. The molecule has 0 amide bonds. The van der Waals surface area contributed by atoms with Crippen LogP contribution in [0.15, 0.2) is 42.5 Å². The summed E-state index contributed by atoms with van der Waals surface area (Å²) in [5, 5.41) is 10.8. The monoisotopic (exact) mass is 288 g/mol. The summed E-state index contributed by atoms with van der Waals surface area (Å²) in [5.74, 6) is -0.449. The topological polar surface area (TPSA) is 55.8 Å². The number of hydrogen-bond acceptors (Lipinski definition) is 4. The van der Waals surface area contributed by atoms with Gasteiger partial charge in [-0.3, -0.25) is 0 Å². The van der Waals surface area contributed by atoms with Gasteiger partial charge in [0.1, 0.15) is 0 Å². The van der Waals surface area contributed by atoms with Crippen LogP contribution in [0.4, 0.5) is 0 Å². The molecule has 2 aromatic carbocycles. The molecule has 0 fully saturated rings. The molecular weight excluding hydrogens is 268 g/mol. The van der Waals surface area contributed by atoms with E-state index in [0.29, 0.717) is 6.42 Å². The van der Waals surface area contributed by atoms with E-state index in [2.05, 4.69) is 0 Å². The minimum absolute atomic E-state index is 0.00869. The zero-order valence-corrected chi connectivity index (χ0v) is 12.3. The molecule has 112 valence electrons. The van der Waals surface area contributed by atoms with E-state index < -0.39 is 11.6 Å². The number of rotatable bonds is 6. The molecule has 4 nitrogen and oxygen atoms in total. The van der Waals surface area contributed by atoms with Crippen LogP contribution in [0.5, 0.6) is 0 Å². The highest BCUT2D eigenvalue weighted by atomic mass is 16.6. The Morgan fingerprint density at radius 1 is 1.19 bits per heavy atom. The summed E-state index contributed by atoms with van der Waals surface area (Å²) in [6.45, 7) is 1.88. The average molecular weight is 288 g/mol. The van der Waals surface area contributed by atoms with Crippen LogP contribution in [0, 0.1) is 0 Å². The first kappa shape index (κ1) is 15.5. The van der Waals surface area contributed by atoms with Crippen LogP contribution in [-0.2, 0) is 19.9 Å². The highest BCUT2D eigenvalue weighted by Crippen LogP contribution is 2.32. The Labute approximate surface area is 124 Å². The highest BCUT2D eigenvalue weighted by molar-refractivity contribution is 5.92. The van der Waals surface area contributed by atoms with Gasteiger partial charge in [-0.1, -0.05) is 42.5 Å². The van der Waals surface area contributed by atoms with Gasteiger partial charge in [-0.05, 0) is 17.7 Å². The van der Waals surface area contributed by atoms with Crippen LogP contribution >= 0.6 is 0 Å². The summed E-state index contributed by atoms with van der Waals surface area (Å²) < 4.78 is 10.7. The van der Waals surface area contributed by atoms with Gasteiger partial charge < -0.3 is 14.6 Å². The number of esters is 1. The van der Waals surface area contributed by atoms with Gasteiger partial charge in [-0.15, -0.1) is 0 Å². The van der Waals surface area contributed by atoms with Gasteiger partial charge in [0.15, 0.2) is 5.60 Å². The lowest BCUT2D eigenvalue weighted by molar-refractivity contribution is -0.168. The molecule has 0 aliphatic carbocycles. The molecule has 1 unspecified atom stereocenters. The van der Waals surface area contributed by atoms with Crippen molar-refractivity contribution in [1.29, 1.82) is 0 Å². The standard InChI is InChI=1S/C17H20O4/c1-17(20-2,16(19)21-12-6-11-18)15-10-5-8-13-7-3-4-9-14(13)15/h3-5,7-10,18H,6,11-12H2,1-2H3. The third kappa shape index (κ3) is 3.06. The van der Waals surface area contributed by atoms with Crippen molar-refractivity contribution in [2.75, 3.05) is 20.3 Å². The minimum Gasteiger partial charge on any atom is -0.463 e. The van der Waals surface area contributed by atoms with Gasteiger partial charge in [-0.25, -0.2) is 4.79 Å². The fraction of sp³-hybridized carbons (Fsp3) is 0.353. The van der Waals surface area contributed by atoms with Crippen LogP contribution in [0.2, 0.25) is 0 Å². The number of ether oxygens (including phenoxy) is 2. The Balaban J connectivity index is 2.40. The molecular formula is C17H20O4. The van der Waals surface area contributed by atoms with Crippen molar-refractivity contribution in [1.82, 2.24) is 0 Å². The molecule has 0 saturated carbocycles. The van der Waals surface area contributed by atoms with Crippen molar-refractivity contribution >= 4 is 16.7 Å². The Bertz CT molecular complexity index is 618. The molecule has 0 spiro atoms. The first-order valence-corrected chi connectivity index (χ1v) is 6.95. The maximum Gasteiger partial charge on any atom is 0.342 e. The maximum absolute atomic E-state index is 12.4. The molecule has 1 N–H and O–H groups in total. The van der Waals surface area contributed by atoms with Gasteiger partial charge in [0.2, 0.25) is 0 Å². The number of hydrogen-bond donors (Lipinski definition) is 1. The van der Waals surface area contributed by atoms with Crippen LogP contribution in [-0.4, -0.2) is 31.4 Å². The van der Waals surface area contributed by atoms with E-state index in [1.165, 1.54) is 7.11 Å². The predicted octanol–water partition coefficient (Wildman–Crippen LogP) is 2.63. The molecule has 4 heteroatoms. The predicted molar refractivity (Wildman–Crippen MR) is 81.0 cm³/mol. The zero-order chi connectivity index (χ0) is 15.3. The minimum atomic E-state index is -1.17. The molecule has 2 aromatic rings. The highest BCUT2D eigenvalue weighted by Gasteiger charge is 2.38. The molecule has 0 radical (unpaired) electrons. The lowest BCUT2D eigenvalue weighted by atomic mass is 9.90. The van der Waals surface area contributed by atoms with Gasteiger partial charge >= 0.3 is 5.97 Å². The third-order valence-electron chi connectivity index (χ3n) is 3.64. The fourth-order valence-corrected chi connectivity index (χ4v) is 2.31. The van der Waals surface area contributed by atoms with Crippen molar-refractivity contribution in [3.8, 4) is 0 Å². The fourth-order valence-electron chi connectivity index (χ4n) is 2.31. The molecule has 0 saturated heterocycles. The molecule has 2 rings (SSSR count). The number of aliphatic hydroxyl groups is 1. The van der Waals surface area contributed by atoms with Crippen molar-refractivity contribution in [3.63, 3.8) is 0 Å². The van der Waals surface area contributed by atoms with Crippen LogP contribution in [0.1, 0.15) is 18.9 Å². The number of carbonyl (C=O) groups excluding carboxylic acids is 1. The van der Waals surface area contributed by atoms with E-state index in [4.69, 9.17) is 14.6 Å². The van der Waals surface area contributed by atoms with E-state index in [9.17, 15) is 4.79 Å². The van der Waals surface area contributed by atoms with Crippen molar-refractivity contribution in [2.45, 2.75) is 18.9 Å². The van der Waals surface area contributed by atoms with Crippen LogP contribution < -0.4 is 0 Å². The molecule has 1 atom stereocenters. The van der Waals surface area contributed by atoms with Gasteiger partial charge in [-0.2, -0.15) is 0 Å². The summed E-state index contributed by atoms with van der Waals surface area (Å²) in [6, 6.07) is 13.6. The Kier molecular flexibility index (Phi) is 4.94. The van der Waals surface area contributed by atoms with E-state index in [-0.39, 0.29) is 13.2 Å². The lowest BCUT2D eigenvalue weighted by Gasteiger charge is -2.27. The molecule has 21 heavy (non-hydrogen) atoms. The molecule has 0 aliphatic rings. The molecule has 0 bridgehead atoms. The summed E-state index contributed by atoms with van der Waals surface area (Å²) in [7, 11) is 1.50. The summed E-state index contributed by atoms with van der Waals surface area (Å²) in [5.41, 5.74) is -0.395. The van der Waals surface area contributed by atoms with E-state index >= 15 is 0 Å². The van der Waals surface area contributed by atoms with E-state index in [1.54, 1.807) is 6.92 Å². The zero-order valence-electron chi connectivity index (χ0n) is 12.3. The van der Waals surface area contributed by atoms with Crippen molar-refractivity contribution in [3.05, 3.63) is 48.0 Å². The molecule has 0 aromatic heterocycles. The Hall–Kier alpha value is -1.91. The number of benzene rings is 2. The number of carbonyl (C=O) groups is 1. The van der Waals surface area contributed by atoms with E-state index in [1.807, 2.05) is 42.5 Å². The van der Waals surface area contributed by atoms with Crippen molar-refractivity contribution in [2.24, 2.45) is 0 Å². The number of methoxy groups -OCH3 is 1. The first-order chi connectivity index (χ1) is 10.1. The normalized spacial score (nSPS) is 13.9. The summed E-state index contributed by atoms with van der Waals surface area (Å²) in [6.07, 6.45) is 0.418. The van der Waals surface area contributed by atoms with Crippen molar-refractivity contribution < 1.29 is 19.4 Å². The second-order valence-corrected chi connectivity index (χ2v) is 4.98. The number of aliphatic hydroxyl groups excluding tert-OH is 1. The first-order valence-electron chi connectivity index (χ1n) is 6.95. The summed E-state index contributed by atoms with van der Waals surface area (Å²) >= 11 is 0. The van der Waals surface area contributed by atoms with Crippen LogP contribution in [0.3, 0.4) is 0 Å². The van der Waals surface area contributed by atoms with E-state index in [0.717, 1.165) is 16.3 Å².